The molecule has 2 aromatic heterocycles. The number of Topliss-reactive ketones (excluding diaryl/α,β-unsaturated/α-hetero) is 1. The zero-order valence-corrected chi connectivity index (χ0v) is 19.3. The van der Waals surface area contributed by atoms with Crippen molar-refractivity contribution in [2.45, 2.75) is 11.7 Å². The minimum Gasteiger partial charge on any atom is -0.454 e. The van der Waals surface area contributed by atoms with Gasteiger partial charge in [-0.3, -0.25) is 14.2 Å². The second-order valence-corrected chi connectivity index (χ2v) is 9.60. The number of carbonyl (C=O) groups is 1. The molecule has 0 amide bonds. The van der Waals surface area contributed by atoms with Crippen LogP contribution in [-0.4, -0.2) is 27.9 Å². The van der Waals surface area contributed by atoms with Gasteiger partial charge in [0, 0.05) is 10.0 Å². The molecule has 0 atom stereocenters. The molecule has 2 aromatic carbocycles. The lowest BCUT2D eigenvalue weighted by Crippen LogP contribution is -2.23. The Morgan fingerprint density at radius 1 is 1.13 bits per heavy atom. The van der Waals surface area contributed by atoms with Crippen molar-refractivity contribution in [3.05, 3.63) is 79.9 Å². The van der Waals surface area contributed by atoms with Crippen LogP contribution in [0.15, 0.2) is 68.3 Å². The second-order valence-electron chi connectivity index (χ2n) is 6.83. The van der Waals surface area contributed by atoms with Gasteiger partial charge < -0.3 is 9.47 Å². The molecule has 9 heteroatoms. The number of aromatic nitrogens is 2. The fourth-order valence-corrected chi connectivity index (χ4v) is 5.18. The zero-order valence-electron chi connectivity index (χ0n) is 16.0. The van der Waals surface area contributed by atoms with Crippen molar-refractivity contribution in [1.82, 2.24) is 9.55 Å². The van der Waals surface area contributed by atoms with Gasteiger partial charge in [-0.1, -0.05) is 45.9 Å². The van der Waals surface area contributed by atoms with Crippen molar-refractivity contribution in [2.24, 2.45) is 0 Å². The van der Waals surface area contributed by atoms with E-state index in [0.29, 0.717) is 39.0 Å². The number of thioether (sulfide) groups is 1. The molecule has 4 aromatic rings. The van der Waals surface area contributed by atoms with E-state index in [-0.39, 0.29) is 23.9 Å². The molecule has 0 aliphatic carbocycles. The summed E-state index contributed by atoms with van der Waals surface area (Å²) in [7, 11) is 0. The van der Waals surface area contributed by atoms with Crippen molar-refractivity contribution in [2.75, 3.05) is 12.5 Å². The number of rotatable bonds is 6. The Labute approximate surface area is 194 Å². The summed E-state index contributed by atoms with van der Waals surface area (Å²) in [5.74, 6) is 1.52. The number of benzene rings is 2. The maximum atomic E-state index is 13.2. The average molecular weight is 515 g/mol. The molecule has 156 valence electrons. The Balaban J connectivity index is 1.46. The number of ether oxygens (including phenoxy) is 2. The molecule has 1 aliphatic rings. The standard InChI is InChI=1S/C22H15BrN2O4S2/c23-15-4-2-14(3-5-15)17(26)11-31-22-24-16-7-8-30-20(16)21(27)25(22)10-13-1-6-18-19(9-13)29-12-28-18/h1-9H,10-12H2. The van der Waals surface area contributed by atoms with Crippen LogP contribution in [0.25, 0.3) is 10.2 Å². The van der Waals surface area contributed by atoms with Gasteiger partial charge in [-0.25, -0.2) is 4.98 Å². The van der Waals surface area contributed by atoms with Crippen LogP contribution in [-0.2, 0) is 6.54 Å². The lowest BCUT2D eigenvalue weighted by atomic mass is 10.2. The van der Waals surface area contributed by atoms with Gasteiger partial charge in [0.2, 0.25) is 6.79 Å². The monoisotopic (exact) mass is 514 g/mol. The Bertz CT molecular complexity index is 1350. The highest BCUT2D eigenvalue weighted by molar-refractivity contribution is 9.10. The maximum absolute atomic E-state index is 13.2. The van der Waals surface area contributed by atoms with E-state index in [2.05, 4.69) is 20.9 Å². The Kier molecular flexibility index (Phi) is 5.56. The largest absolute Gasteiger partial charge is 0.454 e. The van der Waals surface area contributed by atoms with Crippen molar-refractivity contribution >= 4 is 55.0 Å². The van der Waals surface area contributed by atoms with E-state index in [1.54, 1.807) is 16.7 Å². The Hall–Kier alpha value is -2.62. The van der Waals surface area contributed by atoms with E-state index in [0.717, 1.165) is 10.0 Å². The van der Waals surface area contributed by atoms with Crippen LogP contribution in [0, 0.1) is 0 Å². The molecular weight excluding hydrogens is 500 g/mol. The van der Waals surface area contributed by atoms with Crippen LogP contribution in [0.2, 0.25) is 0 Å². The number of carbonyl (C=O) groups excluding carboxylic acids is 1. The summed E-state index contributed by atoms with van der Waals surface area (Å²) in [6.07, 6.45) is 0. The first-order valence-corrected chi connectivity index (χ1v) is 12.0. The molecule has 5 rings (SSSR count). The molecule has 0 saturated heterocycles. The van der Waals surface area contributed by atoms with Gasteiger partial charge >= 0.3 is 0 Å². The molecule has 0 N–H and O–H groups in total. The molecule has 0 unspecified atom stereocenters. The highest BCUT2D eigenvalue weighted by Crippen LogP contribution is 2.33. The molecule has 31 heavy (non-hydrogen) atoms. The second kappa shape index (κ2) is 8.49. The SMILES string of the molecule is O=C(CSc1nc2ccsc2c(=O)n1Cc1ccc2c(c1)OCO2)c1ccc(Br)cc1. The summed E-state index contributed by atoms with van der Waals surface area (Å²) < 4.78 is 14.0. The maximum Gasteiger partial charge on any atom is 0.272 e. The average Bonchev–Trinajstić information content (AvgIpc) is 3.44. The van der Waals surface area contributed by atoms with Gasteiger partial charge in [0.1, 0.15) is 4.70 Å². The van der Waals surface area contributed by atoms with Crippen molar-refractivity contribution in [3.8, 4) is 11.5 Å². The molecule has 0 saturated carbocycles. The van der Waals surface area contributed by atoms with Crippen LogP contribution in [0.1, 0.15) is 15.9 Å². The highest BCUT2D eigenvalue weighted by atomic mass is 79.9. The first kappa shape index (κ1) is 20.3. The summed E-state index contributed by atoms with van der Waals surface area (Å²) in [4.78, 5) is 30.5. The smallest absolute Gasteiger partial charge is 0.272 e. The molecule has 0 fully saturated rings. The third kappa shape index (κ3) is 4.13. The number of fused-ring (bicyclic) bond motifs is 2. The first-order valence-electron chi connectivity index (χ1n) is 9.36. The van der Waals surface area contributed by atoms with Crippen LogP contribution >= 0.6 is 39.0 Å². The van der Waals surface area contributed by atoms with Crippen LogP contribution in [0.5, 0.6) is 11.5 Å². The molecule has 3 heterocycles. The van der Waals surface area contributed by atoms with Crippen LogP contribution < -0.4 is 15.0 Å². The van der Waals surface area contributed by atoms with Crippen molar-refractivity contribution in [3.63, 3.8) is 0 Å². The molecule has 1 aliphatic heterocycles. The molecule has 0 radical (unpaired) electrons. The third-order valence-electron chi connectivity index (χ3n) is 4.81. The van der Waals surface area contributed by atoms with Gasteiger partial charge in [0.05, 0.1) is 17.8 Å². The molecule has 6 nitrogen and oxygen atoms in total. The van der Waals surface area contributed by atoms with E-state index >= 15 is 0 Å². The number of nitrogens with zero attached hydrogens (tertiary/aromatic N) is 2. The van der Waals surface area contributed by atoms with E-state index in [9.17, 15) is 9.59 Å². The number of hydrogen-bond acceptors (Lipinski definition) is 7. The summed E-state index contributed by atoms with van der Waals surface area (Å²) in [6, 6.07) is 14.7. The predicted molar refractivity (Wildman–Crippen MR) is 125 cm³/mol. The molecule has 0 spiro atoms. The molecular formula is C22H15BrN2O4S2. The van der Waals surface area contributed by atoms with Crippen molar-refractivity contribution in [1.29, 1.82) is 0 Å². The first-order chi connectivity index (χ1) is 15.1. The van der Waals surface area contributed by atoms with Gasteiger partial charge in [0.25, 0.3) is 5.56 Å². The minimum absolute atomic E-state index is 0.0215. The van der Waals surface area contributed by atoms with E-state index < -0.39 is 0 Å². The lowest BCUT2D eigenvalue weighted by molar-refractivity contribution is 0.102. The van der Waals surface area contributed by atoms with Crippen LogP contribution in [0.4, 0.5) is 0 Å². The fraction of sp³-hybridized carbons (Fsp3) is 0.136. The number of halogens is 1. The summed E-state index contributed by atoms with van der Waals surface area (Å²) >= 11 is 6.02. The zero-order chi connectivity index (χ0) is 21.4. The summed E-state index contributed by atoms with van der Waals surface area (Å²) in [6.45, 7) is 0.520. The highest BCUT2D eigenvalue weighted by Gasteiger charge is 2.18. The van der Waals surface area contributed by atoms with E-state index in [1.807, 2.05) is 41.8 Å². The van der Waals surface area contributed by atoms with E-state index in [4.69, 9.17) is 9.47 Å². The topological polar surface area (TPSA) is 70.4 Å². The molecule has 0 bridgehead atoms. The van der Waals surface area contributed by atoms with Crippen molar-refractivity contribution < 1.29 is 14.3 Å². The minimum atomic E-state index is -0.115. The van der Waals surface area contributed by atoms with Gasteiger partial charge in [0.15, 0.2) is 22.4 Å². The van der Waals surface area contributed by atoms with Crippen LogP contribution in [0.3, 0.4) is 0 Å². The normalized spacial score (nSPS) is 12.4. The van der Waals surface area contributed by atoms with Gasteiger partial charge in [-0.2, -0.15) is 0 Å². The fourth-order valence-electron chi connectivity index (χ4n) is 3.24. The third-order valence-corrected chi connectivity index (χ3v) is 7.20. The van der Waals surface area contributed by atoms with E-state index in [1.165, 1.54) is 23.1 Å². The number of ketones is 1. The summed E-state index contributed by atoms with van der Waals surface area (Å²) in [5.41, 5.74) is 2.05. The number of thiophene rings is 1. The predicted octanol–water partition coefficient (Wildman–Crippen LogP) is 4.97. The number of hydrogen-bond donors (Lipinski definition) is 0. The Morgan fingerprint density at radius 3 is 2.77 bits per heavy atom. The van der Waals surface area contributed by atoms with Gasteiger partial charge in [-0.05, 0) is 41.3 Å². The Morgan fingerprint density at radius 2 is 1.94 bits per heavy atom. The van der Waals surface area contributed by atoms with Gasteiger partial charge in [-0.15, -0.1) is 11.3 Å². The quantitative estimate of drug-likeness (QED) is 0.205. The lowest BCUT2D eigenvalue weighted by Gasteiger charge is -2.12. The summed E-state index contributed by atoms with van der Waals surface area (Å²) in [5, 5.41) is 2.37.